The Morgan fingerprint density at radius 1 is 1.42 bits per heavy atom. The normalized spacial score (nSPS) is 11.6. The van der Waals surface area contributed by atoms with Gasteiger partial charge in [-0.3, -0.25) is 4.79 Å². The first-order valence-corrected chi connectivity index (χ1v) is 6.84. The van der Waals surface area contributed by atoms with Gasteiger partial charge in [0.1, 0.15) is 0 Å². The predicted molar refractivity (Wildman–Crippen MR) is 72.5 cm³/mol. The summed E-state index contributed by atoms with van der Waals surface area (Å²) in [5.41, 5.74) is 5.83. The van der Waals surface area contributed by atoms with Crippen LogP contribution in [0.25, 0.3) is 0 Å². The number of aryl methyl sites for hydroxylation is 2. The second kappa shape index (κ2) is 7.23. The third-order valence-electron chi connectivity index (χ3n) is 3.41. The zero-order chi connectivity index (χ0) is 14.3. The number of aromatic nitrogens is 2. The smallest absolute Gasteiger partial charge is 0.226 e. The highest BCUT2D eigenvalue weighted by molar-refractivity contribution is 5.75. The van der Waals surface area contributed by atoms with Crippen molar-refractivity contribution in [1.29, 1.82) is 0 Å². The molecule has 1 heterocycles. The van der Waals surface area contributed by atoms with E-state index in [9.17, 15) is 4.79 Å². The topological polar surface area (TPSA) is 94.0 Å². The molecule has 0 saturated carbocycles. The Balaban J connectivity index is 2.21. The summed E-state index contributed by atoms with van der Waals surface area (Å²) in [6.45, 7) is 6.37. The number of hydrogen-bond donors (Lipinski definition) is 2. The summed E-state index contributed by atoms with van der Waals surface area (Å²) in [6.07, 6.45) is 3.48. The van der Waals surface area contributed by atoms with Crippen LogP contribution >= 0.6 is 0 Å². The number of carbonyl (C=O) groups is 1. The van der Waals surface area contributed by atoms with Crippen LogP contribution in [0.2, 0.25) is 0 Å². The molecule has 0 aromatic carbocycles. The van der Waals surface area contributed by atoms with Crippen molar-refractivity contribution in [3.63, 3.8) is 0 Å². The molecule has 108 valence electrons. The van der Waals surface area contributed by atoms with Crippen LogP contribution in [0.15, 0.2) is 4.52 Å². The van der Waals surface area contributed by atoms with Crippen LogP contribution in [0.5, 0.6) is 0 Å². The van der Waals surface area contributed by atoms with Gasteiger partial charge in [0.05, 0.1) is 0 Å². The molecule has 19 heavy (non-hydrogen) atoms. The van der Waals surface area contributed by atoms with Crippen molar-refractivity contribution in [3.8, 4) is 0 Å². The van der Waals surface area contributed by atoms with Crippen molar-refractivity contribution >= 4 is 5.91 Å². The maximum atomic E-state index is 11.7. The van der Waals surface area contributed by atoms with Gasteiger partial charge < -0.3 is 15.6 Å². The van der Waals surface area contributed by atoms with Gasteiger partial charge in [-0.2, -0.15) is 4.98 Å². The summed E-state index contributed by atoms with van der Waals surface area (Å²) < 4.78 is 4.98. The first kappa shape index (κ1) is 15.6. The SMILES string of the molecule is CCC(N)(CC)CNC(=O)CCCc1nc(C)no1. The van der Waals surface area contributed by atoms with Gasteiger partial charge >= 0.3 is 0 Å². The summed E-state index contributed by atoms with van der Waals surface area (Å²) in [4.78, 5) is 15.8. The van der Waals surface area contributed by atoms with Gasteiger partial charge in [-0.1, -0.05) is 19.0 Å². The van der Waals surface area contributed by atoms with Crippen LogP contribution in [-0.4, -0.2) is 28.1 Å². The lowest BCUT2D eigenvalue weighted by Crippen LogP contribution is -2.49. The molecule has 0 aliphatic carbocycles. The number of carbonyl (C=O) groups excluding carboxylic acids is 1. The summed E-state index contributed by atoms with van der Waals surface area (Å²) in [7, 11) is 0. The first-order valence-electron chi connectivity index (χ1n) is 6.84. The van der Waals surface area contributed by atoms with Gasteiger partial charge in [-0.15, -0.1) is 0 Å². The molecule has 0 aliphatic rings. The second-order valence-electron chi connectivity index (χ2n) is 4.94. The molecule has 6 heteroatoms. The third kappa shape index (κ3) is 5.38. The standard InChI is InChI=1S/C13H24N4O2/c1-4-13(14,5-2)9-15-11(18)7-6-8-12-16-10(3)17-19-12/h4-9,14H2,1-3H3,(H,15,18). The predicted octanol–water partition coefficient (Wildman–Crippen LogP) is 1.33. The highest BCUT2D eigenvalue weighted by atomic mass is 16.5. The number of nitrogens with one attached hydrogen (secondary N) is 1. The Morgan fingerprint density at radius 2 is 2.11 bits per heavy atom. The van der Waals surface area contributed by atoms with E-state index in [1.165, 1.54) is 0 Å². The maximum Gasteiger partial charge on any atom is 0.226 e. The zero-order valence-corrected chi connectivity index (χ0v) is 12.0. The van der Waals surface area contributed by atoms with Crippen LogP contribution in [0.1, 0.15) is 51.2 Å². The van der Waals surface area contributed by atoms with E-state index >= 15 is 0 Å². The lowest BCUT2D eigenvalue weighted by molar-refractivity contribution is -0.121. The lowest BCUT2D eigenvalue weighted by atomic mass is 9.94. The summed E-state index contributed by atoms with van der Waals surface area (Å²) >= 11 is 0. The summed E-state index contributed by atoms with van der Waals surface area (Å²) in [5.74, 6) is 1.23. The van der Waals surface area contributed by atoms with E-state index in [0.29, 0.717) is 37.5 Å². The van der Waals surface area contributed by atoms with Gasteiger partial charge in [0.25, 0.3) is 0 Å². The minimum absolute atomic E-state index is 0.0213. The highest BCUT2D eigenvalue weighted by Gasteiger charge is 2.20. The summed E-state index contributed by atoms with van der Waals surface area (Å²) in [5, 5.41) is 6.59. The van der Waals surface area contributed by atoms with Crippen molar-refractivity contribution in [2.24, 2.45) is 5.73 Å². The molecule has 0 unspecified atom stereocenters. The third-order valence-corrected chi connectivity index (χ3v) is 3.41. The summed E-state index contributed by atoms with van der Waals surface area (Å²) in [6, 6.07) is 0. The average Bonchev–Trinajstić information content (AvgIpc) is 2.82. The number of nitrogens with two attached hydrogens (primary N) is 1. The molecule has 0 bridgehead atoms. The number of rotatable bonds is 8. The molecule has 1 amide bonds. The Labute approximate surface area is 114 Å². The van der Waals surface area contributed by atoms with Gasteiger partial charge in [0.2, 0.25) is 11.8 Å². The van der Waals surface area contributed by atoms with Crippen LogP contribution in [0.4, 0.5) is 0 Å². The average molecular weight is 268 g/mol. The van der Waals surface area contributed by atoms with Gasteiger partial charge in [0.15, 0.2) is 5.82 Å². The fourth-order valence-electron chi connectivity index (χ4n) is 1.70. The molecular weight excluding hydrogens is 244 g/mol. The monoisotopic (exact) mass is 268 g/mol. The molecule has 1 rings (SSSR count). The molecule has 3 N–H and O–H groups in total. The van der Waals surface area contributed by atoms with Gasteiger partial charge in [0, 0.05) is 24.9 Å². The van der Waals surface area contributed by atoms with Crippen molar-refractivity contribution in [1.82, 2.24) is 15.5 Å². The molecule has 0 atom stereocenters. The molecular formula is C13H24N4O2. The molecule has 0 saturated heterocycles. The fourth-order valence-corrected chi connectivity index (χ4v) is 1.70. The van der Waals surface area contributed by atoms with E-state index in [4.69, 9.17) is 10.3 Å². The molecule has 0 radical (unpaired) electrons. The van der Waals surface area contributed by atoms with Crippen molar-refractivity contribution in [2.45, 2.75) is 58.4 Å². The highest BCUT2D eigenvalue weighted by Crippen LogP contribution is 2.09. The Hall–Kier alpha value is -1.43. The molecule has 6 nitrogen and oxygen atoms in total. The Morgan fingerprint density at radius 3 is 2.63 bits per heavy atom. The number of amides is 1. The lowest BCUT2D eigenvalue weighted by Gasteiger charge is -2.26. The second-order valence-corrected chi connectivity index (χ2v) is 4.94. The van der Waals surface area contributed by atoms with Crippen LogP contribution in [-0.2, 0) is 11.2 Å². The number of hydrogen-bond acceptors (Lipinski definition) is 5. The van der Waals surface area contributed by atoms with E-state index in [2.05, 4.69) is 15.5 Å². The zero-order valence-electron chi connectivity index (χ0n) is 12.0. The Bertz CT molecular complexity index is 399. The van der Waals surface area contributed by atoms with E-state index in [0.717, 1.165) is 12.8 Å². The fraction of sp³-hybridized carbons (Fsp3) is 0.769. The van der Waals surface area contributed by atoms with Gasteiger partial charge in [-0.25, -0.2) is 0 Å². The van der Waals surface area contributed by atoms with Gasteiger partial charge in [-0.05, 0) is 26.2 Å². The van der Waals surface area contributed by atoms with Crippen LogP contribution < -0.4 is 11.1 Å². The molecule has 1 aromatic rings. The minimum Gasteiger partial charge on any atom is -0.354 e. The number of nitrogens with zero attached hydrogens (tertiary/aromatic N) is 2. The quantitative estimate of drug-likeness (QED) is 0.742. The van der Waals surface area contributed by atoms with Crippen LogP contribution in [0.3, 0.4) is 0 Å². The maximum absolute atomic E-state index is 11.7. The Kier molecular flexibility index (Phi) is 5.95. The largest absolute Gasteiger partial charge is 0.354 e. The van der Waals surface area contributed by atoms with E-state index in [1.54, 1.807) is 6.92 Å². The van der Waals surface area contributed by atoms with Crippen molar-refractivity contribution in [3.05, 3.63) is 11.7 Å². The molecule has 1 aromatic heterocycles. The molecule has 0 spiro atoms. The van der Waals surface area contributed by atoms with Crippen molar-refractivity contribution < 1.29 is 9.32 Å². The molecule has 0 aliphatic heterocycles. The van der Waals surface area contributed by atoms with Crippen molar-refractivity contribution in [2.75, 3.05) is 6.54 Å². The van der Waals surface area contributed by atoms with E-state index in [1.807, 2.05) is 13.8 Å². The van der Waals surface area contributed by atoms with Crippen LogP contribution in [0, 0.1) is 6.92 Å². The van der Waals surface area contributed by atoms with E-state index < -0.39 is 0 Å². The molecule has 0 fully saturated rings. The first-order chi connectivity index (χ1) is 8.99. The minimum atomic E-state index is -0.292. The van der Waals surface area contributed by atoms with E-state index in [-0.39, 0.29) is 11.4 Å².